The van der Waals surface area contributed by atoms with Crippen molar-refractivity contribution >= 4 is 17.7 Å². The number of cyclic esters (lactones) is 1. The molecule has 5 rings (SSSR count). The highest BCUT2D eigenvalue weighted by Crippen LogP contribution is 2.46. The Bertz CT molecular complexity index is 2100. The molecule has 19 atom stereocenters. The van der Waals surface area contributed by atoms with E-state index in [1.54, 1.807) is 85.2 Å². The topological polar surface area (TPSA) is 225 Å². The van der Waals surface area contributed by atoms with Gasteiger partial charge >= 0.3 is 5.97 Å². The SMILES string of the molecule is CC[C@H]1OC(=O)[C@H](C)[C@@H](C2C[C@@](C)(OC)[C@@H](O)[C@H](C)O2)[C@H](C)[C@@H](O[C@H]2C[C@@H](N(C)CCC(=O)N[C@H](CF)C(O)c3ccc(-c4ccc(OC)nc4)cc3)C[C@@H](C)O2)[C@](C)(OC)C[C@@H](C)C(=O)[C@H](C)[C@@H](O)[C@]1(C)O. The number of ether oxygens (including phenoxy) is 7. The molecular formula is C55H86FN3O14. The maximum atomic E-state index is 14.6. The normalized spacial score (nSPS) is 38.0. The summed E-state index contributed by atoms with van der Waals surface area (Å²) in [5, 5.41) is 48.6. The van der Waals surface area contributed by atoms with Crippen molar-refractivity contribution in [3.05, 3.63) is 48.2 Å². The number of halogens is 1. The van der Waals surface area contributed by atoms with Crippen LogP contribution in [0.4, 0.5) is 4.39 Å². The second kappa shape index (κ2) is 25.4. The third kappa shape index (κ3) is 13.8. The van der Waals surface area contributed by atoms with E-state index in [1.165, 1.54) is 21.1 Å². The van der Waals surface area contributed by atoms with Crippen LogP contribution in [0.2, 0.25) is 0 Å². The van der Waals surface area contributed by atoms with Crippen LogP contribution in [0.15, 0.2) is 42.6 Å². The highest BCUT2D eigenvalue weighted by atomic mass is 19.1. The Kier molecular flexibility index (Phi) is 21.0. The Labute approximate surface area is 432 Å². The largest absolute Gasteiger partial charge is 0.481 e. The van der Waals surface area contributed by atoms with Crippen LogP contribution in [0.5, 0.6) is 5.88 Å². The van der Waals surface area contributed by atoms with Crippen molar-refractivity contribution in [1.82, 2.24) is 15.2 Å². The number of amides is 1. The van der Waals surface area contributed by atoms with Crippen LogP contribution >= 0.6 is 0 Å². The number of aliphatic hydroxyl groups is 4. The summed E-state index contributed by atoms with van der Waals surface area (Å²) in [6, 6.07) is 9.26. The van der Waals surface area contributed by atoms with Crippen LogP contribution < -0.4 is 10.1 Å². The quantitative estimate of drug-likeness (QED) is 0.126. The zero-order valence-electron chi connectivity index (χ0n) is 45.6. The molecule has 2 unspecified atom stereocenters. The Hall–Kier alpha value is -3.69. The van der Waals surface area contributed by atoms with Crippen molar-refractivity contribution < 1.29 is 72.4 Å². The Morgan fingerprint density at radius 1 is 0.904 bits per heavy atom. The number of esters is 1. The molecule has 17 nitrogen and oxygen atoms in total. The molecule has 1 amide bonds. The van der Waals surface area contributed by atoms with E-state index >= 15 is 0 Å². The zero-order chi connectivity index (χ0) is 54.3. The lowest BCUT2D eigenvalue weighted by Crippen LogP contribution is -2.61. The monoisotopic (exact) mass is 1030 g/mol. The maximum absolute atomic E-state index is 14.6. The minimum Gasteiger partial charge on any atom is -0.481 e. The molecule has 3 aliphatic heterocycles. The summed E-state index contributed by atoms with van der Waals surface area (Å²) >= 11 is 0. The molecule has 3 saturated heterocycles. The molecule has 412 valence electrons. The van der Waals surface area contributed by atoms with Crippen molar-refractivity contribution in [2.24, 2.45) is 29.6 Å². The number of aromatic nitrogens is 1. The number of carbonyl (C=O) groups is 3. The van der Waals surface area contributed by atoms with Crippen LogP contribution in [0.3, 0.4) is 0 Å². The van der Waals surface area contributed by atoms with Gasteiger partial charge in [0, 0.05) is 81.6 Å². The summed E-state index contributed by atoms with van der Waals surface area (Å²) in [6.07, 6.45) is -5.36. The molecule has 2 aromatic rings. The zero-order valence-corrected chi connectivity index (χ0v) is 45.6. The fourth-order valence-electron chi connectivity index (χ4n) is 11.7. The lowest BCUT2D eigenvalue weighted by molar-refractivity contribution is -0.278. The highest BCUT2D eigenvalue weighted by molar-refractivity contribution is 5.83. The minimum absolute atomic E-state index is 0.0136. The van der Waals surface area contributed by atoms with Crippen molar-refractivity contribution in [3.63, 3.8) is 0 Å². The van der Waals surface area contributed by atoms with Crippen molar-refractivity contribution in [2.75, 3.05) is 41.6 Å². The summed E-state index contributed by atoms with van der Waals surface area (Å²) in [6.45, 7) is 16.8. The average molecular weight is 1030 g/mol. The Morgan fingerprint density at radius 3 is 2.12 bits per heavy atom. The first kappa shape index (κ1) is 60.2. The first-order valence-electron chi connectivity index (χ1n) is 26.0. The van der Waals surface area contributed by atoms with Crippen LogP contribution in [0.1, 0.15) is 119 Å². The highest BCUT2D eigenvalue weighted by Gasteiger charge is 2.55. The number of methoxy groups -OCH3 is 3. The molecule has 0 spiro atoms. The number of ketones is 1. The minimum atomic E-state index is -1.98. The fraction of sp³-hybridized carbons (Fsp3) is 0.745. The van der Waals surface area contributed by atoms with Crippen LogP contribution in [0, 0.1) is 29.6 Å². The number of carbonyl (C=O) groups excluding carboxylic acids is 3. The Balaban J connectivity index is 1.39. The van der Waals surface area contributed by atoms with Gasteiger partial charge in [-0.25, -0.2) is 9.37 Å². The van der Waals surface area contributed by atoms with E-state index in [9.17, 15) is 39.2 Å². The number of nitrogens with one attached hydrogen (secondary N) is 1. The van der Waals surface area contributed by atoms with Crippen molar-refractivity contribution in [3.8, 4) is 17.0 Å². The number of Topliss-reactive ketones (excluding diaryl/α,β-unsaturated/α-hetero) is 1. The van der Waals surface area contributed by atoms with Gasteiger partial charge in [0.05, 0.1) is 60.8 Å². The molecule has 1 aromatic carbocycles. The molecule has 0 aliphatic carbocycles. The summed E-state index contributed by atoms with van der Waals surface area (Å²) in [5.41, 5.74) is -2.15. The molecule has 0 radical (unpaired) electrons. The van der Waals surface area contributed by atoms with Crippen molar-refractivity contribution in [1.29, 1.82) is 0 Å². The van der Waals surface area contributed by atoms with Crippen molar-refractivity contribution in [2.45, 2.75) is 192 Å². The average Bonchev–Trinajstić information content (AvgIpc) is 3.37. The van der Waals surface area contributed by atoms with Gasteiger partial charge in [0.2, 0.25) is 11.8 Å². The van der Waals surface area contributed by atoms with Gasteiger partial charge in [0.25, 0.3) is 0 Å². The van der Waals surface area contributed by atoms with E-state index in [1.807, 2.05) is 38.8 Å². The number of pyridine rings is 1. The van der Waals surface area contributed by atoms with E-state index in [-0.39, 0.29) is 43.6 Å². The summed E-state index contributed by atoms with van der Waals surface area (Å²) in [4.78, 5) is 48.5. The standard InChI is InChI=1S/C55H86FN3O14/c1-15-42-55(10,66)49(63)34(6)47(61)30(2)26-54(9,69-14)51(32(4)46(33(5)52(65)72-42)41-27-53(8,68-13)50(64)35(7)71-41)73-45-25-39(24-31(3)70-45)59(11)23-22-43(60)58-40(28-56)48(62)37-18-16-36(17-19-37)38-20-21-44(67-12)57-29-38/h16-21,29-35,39-42,45-46,48-51,62-64,66H,15,22-28H2,1-14H3,(H,58,60)/t30-,31-,32+,33-,34+,35+,39+,40-,41?,42-,45+,46+,48?,49-,50+,51-,53-,54-,55-/m1/s1. The van der Waals surface area contributed by atoms with Gasteiger partial charge < -0.3 is 63.8 Å². The molecule has 18 heteroatoms. The van der Waals surface area contributed by atoms with E-state index in [4.69, 9.17) is 33.2 Å². The number of benzene rings is 1. The summed E-state index contributed by atoms with van der Waals surface area (Å²) in [5.74, 6) is -4.88. The van der Waals surface area contributed by atoms with Crippen LogP contribution in [0.25, 0.3) is 11.1 Å². The summed E-state index contributed by atoms with van der Waals surface area (Å²) < 4.78 is 58.4. The van der Waals surface area contributed by atoms with E-state index in [0.29, 0.717) is 30.8 Å². The van der Waals surface area contributed by atoms with Crippen LogP contribution in [-0.4, -0.2) is 167 Å². The predicted octanol–water partition coefficient (Wildman–Crippen LogP) is 5.76. The van der Waals surface area contributed by atoms with Gasteiger partial charge in [-0.05, 0) is 84.0 Å². The third-order valence-electron chi connectivity index (χ3n) is 16.6. The number of nitrogens with zero attached hydrogens (tertiary/aromatic N) is 2. The second-order valence-electron chi connectivity index (χ2n) is 21.9. The smallest absolute Gasteiger partial charge is 0.309 e. The molecule has 1 aromatic heterocycles. The molecule has 3 fully saturated rings. The lowest BCUT2D eigenvalue weighted by Gasteiger charge is -2.52. The number of hydrogen-bond acceptors (Lipinski definition) is 16. The second-order valence-corrected chi connectivity index (χ2v) is 21.9. The maximum Gasteiger partial charge on any atom is 0.309 e. The number of aliphatic hydroxyl groups excluding tert-OH is 3. The molecule has 3 aliphatic rings. The molecule has 0 bridgehead atoms. The first-order chi connectivity index (χ1) is 34.3. The van der Waals surface area contributed by atoms with Crippen LogP contribution in [-0.2, 0) is 42.8 Å². The Morgan fingerprint density at radius 2 is 1.55 bits per heavy atom. The third-order valence-corrected chi connectivity index (χ3v) is 16.6. The van der Waals surface area contributed by atoms with Gasteiger partial charge in [-0.2, -0.15) is 0 Å². The van der Waals surface area contributed by atoms with Gasteiger partial charge in [0.1, 0.15) is 36.4 Å². The van der Waals surface area contributed by atoms with Gasteiger partial charge in [-0.15, -0.1) is 0 Å². The van der Waals surface area contributed by atoms with E-state index in [0.717, 1.165) is 11.1 Å². The van der Waals surface area contributed by atoms with Gasteiger partial charge in [-0.1, -0.05) is 58.9 Å². The lowest BCUT2D eigenvalue weighted by atomic mass is 9.67. The predicted molar refractivity (Wildman–Crippen MR) is 271 cm³/mol. The molecule has 0 saturated carbocycles. The number of rotatable bonds is 16. The van der Waals surface area contributed by atoms with E-state index < -0.39 is 120 Å². The number of alkyl halides is 1. The molecular weight excluding hydrogens is 946 g/mol. The number of hydrogen-bond donors (Lipinski definition) is 5. The fourth-order valence-corrected chi connectivity index (χ4v) is 11.7. The molecule has 73 heavy (non-hydrogen) atoms. The molecule has 4 heterocycles. The summed E-state index contributed by atoms with van der Waals surface area (Å²) in [7, 11) is 6.50. The van der Waals surface area contributed by atoms with E-state index in [2.05, 4.69) is 10.3 Å². The molecule has 5 N–H and O–H groups in total. The van der Waals surface area contributed by atoms with Gasteiger partial charge in [0.15, 0.2) is 6.29 Å². The van der Waals surface area contributed by atoms with Gasteiger partial charge in [-0.3, -0.25) is 14.4 Å². The first-order valence-corrected chi connectivity index (χ1v) is 26.0.